The van der Waals surface area contributed by atoms with Crippen LogP contribution in [0.4, 0.5) is 0 Å². The van der Waals surface area contributed by atoms with Crippen molar-refractivity contribution in [2.45, 2.75) is 32.8 Å². The van der Waals surface area contributed by atoms with Crippen molar-refractivity contribution >= 4 is 11.8 Å². The normalized spacial score (nSPS) is 11.9. The van der Waals surface area contributed by atoms with Crippen LogP contribution in [0.15, 0.2) is 30.3 Å². The molecule has 0 aliphatic carbocycles. The molecular weight excluding hydrogens is 204 g/mol. The maximum absolute atomic E-state index is 11.5. The number of carbonyl (C=O) groups excluding carboxylic acids is 2. The number of ether oxygens (including phenoxy) is 1. The number of Topliss-reactive ketones (excluding diaryl/α,β-unsaturated/α-hetero) is 1. The number of rotatable bonds is 5. The van der Waals surface area contributed by atoms with Gasteiger partial charge in [-0.3, -0.25) is 9.59 Å². The molecule has 0 radical (unpaired) electrons. The third-order valence-corrected chi connectivity index (χ3v) is 2.30. The Balaban J connectivity index is 2.45. The van der Waals surface area contributed by atoms with Crippen LogP contribution in [0.1, 0.15) is 25.8 Å². The maximum Gasteiger partial charge on any atom is 0.310 e. The van der Waals surface area contributed by atoms with Crippen LogP contribution in [0, 0.1) is 0 Å². The monoisotopic (exact) mass is 220 g/mol. The van der Waals surface area contributed by atoms with Gasteiger partial charge in [0.2, 0.25) is 0 Å². The molecule has 0 spiro atoms. The van der Waals surface area contributed by atoms with Crippen molar-refractivity contribution in [2.24, 2.45) is 0 Å². The Morgan fingerprint density at radius 2 is 1.88 bits per heavy atom. The van der Waals surface area contributed by atoms with Crippen LogP contribution in [0.3, 0.4) is 0 Å². The van der Waals surface area contributed by atoms with Crippen LogP contribution in [0.25, 0.3) is 0 Å². The fourth-order valence-electron chi connectivity index (χ4n) is 1.35. The molecule has 1 aromatic rings. The summed E-state index contributed by atoms with van der Waals surface area (Å²) in [7, 11) is 0. The van der Waals surface area contributed by atoms with Gasteiger partial charge >= 0.3 is 5.97 Å². The zero-order chi connectivity index (χ0) is 12.0. The molecule has 0 fully saturated rings. The second kappa shape index (κ2) is 6.05. The predicted octanol–water partition coefficient (Wildman–Crippen LogP) is 2.14. The highest BCUT2D eigenvalue weighted by Gasteiger charge is 2.15. The highest BCUT2D eigenvalue weighted by Crippen LogP contribution is 2.03. The van der Waals surface area contributed by atoms with Crippen LogP contribution >= 0.6 is 0 Å². The number of hydrogen-bond donors (Lipinski definition) is 0. The van der Waals surface area contributed by atoms with Crippen molar-refractivity contribution in [3.05, 3.63) is 35.9 Å². The van der Waals surface area contributed by atoms with E-state index in [-0.39, 0.29) is 18.2 Å². The number of benzene rings is 1. The first-order valence-electron chi connectivity index (χ1n) is 5.39. The van der Waals surface area contributed by atoms with Gasteiger partial charge < -0.3 is 4.74 Å². The van der Waals surface area contributed by atoms with E-state index in [0.717, 1.165) is 5.56 Å². The average molecular weight is 220 g/mol. The Kier molecular flexibility index (Phi) is 4.70. The lowest BCUT2D eigenvalue weighted by Gasteiger charge is -2.10. The summed E-state index contributed by atoms with van der Waals surface area (Å²) >= 11 is 0. The number of carbonyl (C=O) groups is 2. The molecule has 3 nitrogen and oxygen atoms in total. The molecular formula is C13H16O3. The zero-order valence-corrected chi connectivity index (χ0v) is 9.60. The Morgan fingerprint density at radius 3 is 2.44 bits per heavy atom. The minimum absolute atomic E-state index is 0.0542. The van der Waals surface area contributed by atoms with Gasteiger partial charge in [0.05, 0.1) is 6.42 Å². The summed E-state index contributed by atoms with van der Waals surface area (Å²) in [5, 5.41) is 0. The van der Waals surface area contributed by atoms with Crippen molar-refractivity contribution in [1.82, 2.24) is 0 Å². The zero-order valence-electron chi connectivity index (χ0n) is 9.60. The smallest absolute Gasteiger partial charge is 0.310 e. The summed E-state index contributed by atoms with van der Waals surface area (Å²) in [6.45, 7) is 3.36. The fourth-order valence-corrected chi connectivity index (χ4v) is 1.35. The van der Waals surface area contributed by atoms with E-state index in [1.165, 1.54) is 0 Å². The molecule has 0 aliphatic heterocycles. The summed E-state index contributed by atoms with van der Waals surface area (Å²) in [6.07, 6.45) is -0.0386. The van der Waals surface area contributed by atoms with E-state index in [1.807, 2.05) is 30.3 Å². The van der Waals surface area contributed by atoms with E-state index >= 15 is 0 Å². The van der Waals surface area contributed by atoms with E-state index in [0.29, 0.717) is 6.42 Å². The molecule has 0 aliphatic rings. The molecule has 16 heavy (non-hydrogen) atoms. The minimum atomic E-state index is -0.638. The lowest BCUT2D eigenvalue weighted by molar-refractivity contribution is -0.153. The third kappa shape index (κ3) is 3.85. The first-order chi connectivity index (χ1) is 7.63. The lowest BCUT2D eigenvalue weighted by atomic mass is 10.1. The predicted molar refractivity (Wildman–Crippen MR) is 61.0 cm³/mol. The van der Waals surface area contributed by atoms with Crippen molar-refractivity contribution < 1.29 is 14.3 Å². The molecule has 0 aromatic heterocycles. The number of ketones is 1. The highest BCUT2D eigenvalue weighted by molar-refractivity contribution is 5.85. The Morgan fingerprint density at radius 1 is 1.25 bits per heavy atom. The topological polar surface area (TPSA) is 43.4 Å². The quantitative estimate of drug-likeness (QED) is 0.714. The van der Waals surface area contributed by atoms with Crippen molar-refractivity contribution in [2.75, 3.05) is 0 Å². The van der Waals surface area contributed by atoms with Gasteiger partial charge in [-0.25, -0.2) is 0 Å². The van der Waals surface area contributed by atoms with Gasteiger partial charge in [-0.2, -0.15) is 0 Å². The van der Waals surface area contributed by atoms with E-state index < -0.39 is 6.10 Å². The molecule has 1 aromatic carbocycles. The molecule has 0 N–H and O–H groups in total. The summed E-state index contributed by atoms with van der Waals surface area (Å²) in [6, 6.07) is 9.33. The van der Waals surface area contributed by atoms with E-state index in [1.54, 1.807) is 13.8 Å². The first-order valence-corrected chi connectivity index (χ1v) is 5.39. The maximum atomic E-state index is 11.5. The van der Waals surface area contributed by atoms with Gasteiger partial charge in [0, 0.05) is 6.42 Å². The Bertz CT molecular complexity index is 357. The first kappa shape index (κ1) is 12.4. The van der Waals surface area contributed by atoms with Crippen LogP contribution in [-0.2, 0) is 20.7 Å². The third-order valence-electron chi connectivity index (χ3n) is 2.30. The SMILES string of the molecule is CCC(=O)C(C)OC(=O)Cc1ccccc1. The van der Waals surface area contributed by atoms with E-state index in [9.17, 15) is 9.59 Å². The molecule has 0 saturated carbocycles. The summed E-state index contributed by atoms with van der Waals surface area (Å²) in [4.78, 5) is 22.7. The molecule has 1 atom stereocenters. The van der Waals surface area contributed by atoms with Crippen molar-refractivity contribution in [3.63, 3.8) is 0 Å². The van der Waals surface area contributed by atoms with Gasteiger partial charge in [-0.05, 0) is 12.5 Å². The Labute approximate surface area is 95.4 Å². The van der Waals surface area contributed by atoms with Gasteiger partial charge in [0.1, 0.15) is 0 Å². The molecule has 0 amide bonds. The van der Waals surface area contributed by atoms with Gasteiger partial charge in [-0.15, -0.1) is 0 Å². The number of hydrogen-bond acceptors (Lipinski definition) is 3. The Hall–Kier alpha value is -1.64. The summed E-state index contributed by atoms with van der Waals surface area (Å²) in [5.41, 5.74) is 0.892. The van der Waals surface area contributed by atoms with E-state index in [2.05, 4.69) is 0 Å². The van der Waals surface area contributed by atoms with Crippen LogP contribution < -0.4 is 0 Å². The van der Waals surface area contributed by atoms with Gasteiger partial charge in [-0.1, -0.05) is 37.3 Å². The van der Waals surface area contributed by atoms with Gasteiger partial charge in [0.15, 0.2) is 11.9 Å². The summed E-state index contributed by atoms with van der Waals surface area (Å²) in [5.74, 6) is -0.415. The molecule has 1 unspecified atom stereocenters. The molecule has 0 heterocycles. The average Bonchev–Trinajstić information content (AvgIpc) is 2.29. The van der Waals surface area contributed by atoms with Crippen LogP contribution in [0.2, 0.25) is 0 Å². The fraction of sp³-hybridized carbons (Fsp3) is 0.385. The van der Waals surface area contributed by atoms with Crippen molar-refractivity contribution in [1.29, 1.82) is 0 Å². The standard InChI is InChI=1S/C13H16O3/c1-3-12(14)10(2)16-13(15)9-11-7-5-4-6-8-11/h4-8,10H,3,9H2,1-2H3. The van der Waals surface area contributed by atoms with E-state index in [4.69, 9.17) is 4.74 Å². The minimum Gasteiger partial charge on any atom is -0.454 e. The highest BCUT2D eigenvalue weighted by atomic mass is 16.5. The number of esters is 1. The van der Waals surface area contributed by atoms with Crippen LogP contribution in [0.5, 0.6) is 0 Å². The molecule has 0 saturated heterocycles. The van der Waals surface area contributed by atoms with Gasteiger partial charge in [0.25, 0.3) is 0 Å². The molecule has 1 rings (SSSR count). The van der Waals surface area contributed by atoms with Crippen LogP contribution in [-0.4, -0.2) is 17.9 Å². The largest absolute Gasteiger partial charge is 0.454 e. The lowest BCUT2D eigenvalue weighted by Crippen LogP contribution is -2.24. The molecule has 3 heteroatoms. The molecule has 0 bridgehead atoms. The van der Waals surface area contributed by atoms with Crippen molar-refractivity contribution in [3.8, 4) is 0 Å². The molecule has 86 valence electrons. The second-order valence-electron chi connectivity index (χ2n) is 3.61. The second-order valence-corrected chi connectivity index (χ2v) is 3.61. The summed E-state index contributed by atoms with van der Waals surface area (Å²) < 4.78 is 5.02.